The van der Waals surface area contributed by atoms with Gasteiger partial charge in [0.15, 0.2) is 0 Å². The van der Waals surface area contributed by atoms with Crippen LogP contribution >= 0.6 is 12.2 Å². The summed E-state index contributed by atoms with van der Waals surface area (Å²) in [6.45, 7) is 0.151. The molecule has 2 rings (SSSR count). The first-order valence-electron chi connectivity index (χ1n) is 5.33. The fraction of sp³-hybridized carbons (Fsp3) is 0.0833. The zero-order valence-electron chi connectivity index (χ0n) is 9.54. The number of nitrogens with two attached hydrogens (primary N) is 1. The maximum Gasteiger partial charge on any atom is 0.246 e. The van der Waals surface area contributed by atoms with E-state index in [1.807, 2.05) is 12.1 Å². The fourth-order valence-electron chi connectivity index (χ4n) is 1.54. The highest BCUT2D eigenvalue weighted by atomic mass is 32.1. The largest absolute Gasteiger partial charge is 0.389 e. The van der Waals surface area contributed by atoms with Crippen LogP contribution in [0.3, 0.4) is 0 Å². The molecule has 0 fully saturated rings. The molecule has 0 atom stereocenters. The first-order chi connectivity index (χ1) is 8.66. The molecule has 92 valence electrons. The molecule has 0 saturated carbocycles. The van der Waals surface area contributed by atoms with Crippen molar-refractivity contribution in [1.82, 2.24) is 9.78 Å². The lowest BCUT2D eigenvalue weighted by Gasteiger charge is -2.09. The number of rotatable bonds is 4. The lowest BCUT2D eigenvalue weighted by atomic mass is 10.2. The lowest BCUT2D eigenvalue weighted by molar-refractivity contribution is -0.116. The molecule has 6 heteroatoms. The fourth-order valence-corrected chi connectivity index (χ4v) is 1.72. The molecule has 1 aromatic carbocycles. The maximum atomic E-state index is 11.8. The van der Waals surface area contributed by atoms with Crippen LogP contribution in [0.15, 0.2) is 42.7 Å². The van der Waals surface area contributed by atoms with Gasteiger partial charge in [-0.05, 0) is 18.2 Å². The van der Waals surface area contributed by atoms with E-state index in [-0.39, 0.29) is 17.4 Å². The van der Waals surface area contributed by atoms with Crippen LogP contribution in [-0.4, -0.2) is 20.7 Å². The molecule has 18 heavy (non-hydrogen) atoms. The smallest absolute Gasteiger partial charge is 0.246 e. The van der Waals surface area contributed by atoms with E-state index in [0.717, 1.165) is 0 Å². The van der Waals surface area contributed by atoms with Gasteiger partial charge in [0.2, 0.25) is 5.91 Å². The monoisotopic (exact) mass is 260 g/mol. The van der Waals surface area contributed by atoms with E-state index in [9.17, 15) is 4.79 Å². The Labute approximate surface area is 110 Å². The average Bonchev–Trinajstić information content (AvgIpc) is 2.82. The maximum absolute atomic E-state index is 11.8. The Kier molecular flexibility index (Phi) is 3.69. The second kappa shape index (κ2) is 5.42. The molecule has 0 unspecified atom stereocenters. The van der Waals surface area contributed by atoms with Gasteiger partial charge in [0, 0.05) is 18.0 Å². The van der Waals surface area contributed by atoms with Crippen molar-refractivity contribution >= 4 is 28.8 Å². The number of para-hydroxylation sites is 1. The molecule has 3 N–H and O–H groups in total. The Hall–Kier alpha value is -2.21. The Bertz CT molecular complexity index is 565. The van der Waals surface area contributed by atoms with Gasteiger partial charge in [-0.25, -0.2) is 0 Å². The highest BCUT2D eigenvalue weighted by Gasteiger charge is 2.08. The molecular weight excluding hydrogens is 248 g/mol. The number of aromatic nitrogens is 2. The minimum Gasteiger partial charge on any atom is -0.389 e. The van der Waals surface area contributed by atoms with Crippen LogP contribution in [0.5, 0.6) is 0 Å². The molecule has 1 amide bonds. The van der Waals surface area contributed by atoms with Crippen molar-refractivity contribution in [1.29, 1.82) is 0 Å². The molecule has 0 aliphatic heterocycles. The van der Waals surface area contributed by atoms with Gasteiger partial charge < -0.3 is 11.1 Å². The number of hydrogen-bond acceptors (Lipinski definition) is 3. The topological polar surface area (TPSA) is 72.9 Å². The van der Waals surface area contributed by atoms with E-state index in [4.69, 9.17) is 18.0 Å². The molecular formula is C12H12N4OS. The van der Waals surface area contributed by atoms with Crippen molar-refractivity contribution in [3.05, 3.63) is 48.3 Å². The van der Waals surface area contributed by atoms with Crippen molar-refractivity contribution in [3.8, 4) is 0 Å². The summed E-state index contributed by atoms with van der Waals surface area (Å²) >= 11 is 4.93. The number of thiocarbonyl (C=S) groups is 1. The lowest BCUT2D eigenvalue weighted by Crippen LogP contribution is -2.21. The van der Waals surface area contributed by atoms with Crippen LogP contribution < -0.4 is 11.1 Å². The molecule has 1 heterocycles. The van der Waals surface area contributed by atoms with Gasteiger partial charge in [-0.3, -0.25) is 9.48 Å². The van der Waals surface area contributed by atoms with Crippen molar-refractivity contribution in [2.75, 3.05) is 5.32 Å². The number of carbonyl (C=O) groups is 1. The summed E-state index contributed by atoms with van der Waals surface area (Å²) in [4.78, 5) is 12.1. The minimum absolute atomic E-state index is 0.151. The first-order valence-corrected chi connectivity index (χ1v) is 5.74. The summed E-state index contributed by atoms with van der Waals surface area (Å²) in [7, 11) is 0. The summed E-state index contributed by atoms with van der Waals surface area (Å²) in [5.41, 5.74) is 6.86. The van der Waals surface area contributed by atoms with Gasteiger partial charge in [-0.2, -0.15) is 5.10 Å². The van der Waals surface area contributed by atoms with Crippen molar-refractivity contribution < 1.29 is 4.79 Å². The summed E-state index contributed by atoms with van der Waals surface area (Å²) in [6, 6.07) is 8.92. The third-order valence-corrected chi connectivity index (χ3v) is 2.55. The Morgan fingerprint density at radius 2 is 2.17 bits per heavy atom. The molecule has 5 nitrogen and oxygen atoms in total. The van der Waals surface area contributed by atoms with Crippen molar-refractivity contribution in [3.63, 3.8) is 0 Å². The number of hydrogen-bond donors (Lipinski definition) is 2. The molecule has 1 aromatic heterocycles. The number of nitrogens with one attached hydrogen (secondary N) is 1. The third kappa shape index (κ3) is 2.92. The molecule has 0 aliphatic carbocycles. The summed E-state index contributed by atoms with van der Waals surface area (Å²) in [6.07, 6.45) is 3.34. The van der Waals surface area contributed by atoms with E-state index < -0.39 is 0 Å². The molecule has 0 spiro atoms. The van der Waals surface area contributed by atoms with Gasteiger partial charge in [-0.1, -0.05) is 24.4 Å². The van der Waals surface area contributed by atoms with E-state index in [2.05, 4.69) is 10.4 Å². The van der Waals surface area contributed by atoms with Gasteiger partial charge >= 0.3 is 0 Å². The summed E-state index contributed by atoms with van der Waals surface area (Å²) in [5, 5.41) is 6.72. The number of anilines is 1. The number of benzene rings is 1. The van der Waals surface area contributed by atoms with Crippen LogP contribution in [0.1, 0.15) is 5.56 Å². The third-order valence-electron chi connectivity index (χ3n) is 2.33. The van der Waals surface area contributed by atoms with E-state index in [1.54, 1.807) is 35.3 Å². The first kappa shape index (κ1) is 12.3. The number of amides is 1. The van der Waals surface area contributed by atoms with Crippen LogP contribution in [0, 0.1) is 0 Å². The van der Waals surface area contributed by atoms with Crippen LogP contribution in [0.4, 0.5) is 5.69 Å². The van der Waals surface area contributed by atoms with Crippen LogP contribution in [0.25, 0.3) is 0 Å². The molecule has 0 saturated heterocycles. The van der Waals surface area contributed by atoms with Crippen molar-refractivity contribution in [2.45, 2.75) is 6.54 Å². The van der Waals surface area contributed by atoms with Gasteiger partial charge in [0.1, 0.15) is 11.5 Å². The second-order valence-electron chi connectivity index (χ2n) is 3.66. The highest BCUT2D eigenvalue weighted by Crippen LogP contribution is 2.14. The number of nitrogens with zero attached hydrogens (tertiary/aromatic N) is 2. The van der Waals surface area contributed by atoms with E-state index in [0.29, 0.717) is 11.3 Å². The van der Waals surface area contributed by atoms with E-state index >= 15 is 0 Å². The Balaban J connectivity index is 2.09. The van der Waals surface area contributed by atoms with Gasteiger partial charge in [-0.15, -0.1) is 0 Å². The van der Waals surface area contributed by atoms with Gasteiger partial charge in [0.05, 0.1) is 5.69 Å². The Morgan fingerprint density at radius 3 is 2.83 bits per heavy atom. The molecule has 2 aromatic rings. The normalized spacial score (nSPS) is 10.0. The predicted molar refractivity (Wildman–Crippen MR) is 73.2 cm³/mol. The number of carbonyl (C=O) groups excluding carboxylic acids is 1. The van der Waals surface area contributed by atoms with Crippen LogP contribution in [0.2, 0.25) is 0 Å². The molecule has 0 radical (unpaired) electrons. The average molecular weight is 260 g/mol. The highest BCUT2D eigenvalue weighted by molar-refractivity contribution is 7.80. The van der Waals surface area contributed by atoms with E-state index in [1.165, 1.54) is 0 Å². The summed E-state index contributed by atoms with van der Waals surface area (Å²) in [5.74, 6) is -0.178. The van der Waals surface area contributed by atoms with Gasteiger partial charge in [0.25, 0.3) is 0 Å². The molecule has 0 bridgehead atoms. The quantitative estimate of drug-likeness (QED) is 0.809. The zero-order chi connectivity index (χ0) is 13.0. The Morgan fingerprint density at radius 1 is 1.39 bits per heavy atom. The molecule has 0 aliphatic rings. The SMILES string of the molecule is NC(=S)c1ccccc1NC(=O)Cn1cccn1. The standard InChI is InChI=1S/C12H12N4OS/c13-12(18)9-4-1-2-5-10(9)15-11(17)8-16-7-3-6-14-16/h1-7H,8H2,(H2,13,18)(H,15,17). The summed E-state index contributed by atoms with van der Waals surface area (Å²) < 4.78 is 1.54. The van der Waals surface area contributed by atoms with Crippen LogP contribution in [-0.2, 0) is 11.3 Å². The minimum atomic E-state index is -0.178. The predicted octanol–water partition coefficient (Wildman–Crippen LogP) is 1.16. The second-order valence-corrected chi connectivity index (χ2v) is 4.10. The van der Waals surface area contributed by atoms with Crippen molar-refractivity contribution in [2.24, 2.45) is 5.73 Å². The zero-order valence-corrected chi connectivity index (χ0v) is 10.4.